The van der Waals surface area contributed by atoms with Crippen molar-refractivity contribution in [3.63, 3.8) is 0 Å². The largest absolute Gasteiger partial charge is 0.393 e. The number of rotatable bonds is 5. The van der Waals surface area contributed by atoms with Crippen molar-refractivity contribution in [1.82, 2.24) is 5.32 Å². The molecule has 3 atom stereocenters. The molecular formula is C12H27NO. The van der Waals surface area contributed by atoms with Gasteiger partial charge in [0.1, 0.15) is 0 Å². The molecule has 0 bridgehead atoms. The lowest BCUT2D eigenvalue weighted by molar-refractivity contribution is 0.159. The van der Waals surface area contributed by atoms with E-state index in [0.29, 0.717) is 17.4 Å². The van der Waals surface area contributed by atoms with Gasteiger partial charge < -0.3 is 10.4 Å². The van der Waals surface area contributed by atoms with Crippen LogP contribution in [0, 0.1) is 11.3 Å². The van der Waals surface area contributed by atoms with Crippen LogP contribution < -0.4 is 5.32 Å². The van der Waals surface area contributed by atoms with E-state index in [1.807, 2.05) is 6.92 Å². The number of hydrogen-bond donors (Lipinski definition) is 2. The maximum Gasteiger partial charge on any atom is 0.0515 e. The summed E-state index contributed by atoms with van der Waals surface area (Å²) in [4.78, 5) is 0. The van der Waals surface area contributed by atoms with E-state index in [4.69, 9.17) is 0 Å². The van der Waals surface area contributed by atoms with Crippen LogP contribution in [0.15, 0.2) is 0 Å². The molecule has 0 aliphatic rings. The van der Waals surface area contributed by atoms with Gasteiger partial charge in [-0.1, -0.05) is 27.7 Å². The van der Waals surface area contributed by atoms with E-state index in [1.165, 1.54) is 0 Å². The van der Waals surface area contributed by atoms with Crippen molar-refractivity contribution < 1.29 is 5.11 Å². The van der Waals surface area contributed by atoms with E-state index in [2.05, 4.69) is 39.9 Å². The first-order chi connectivity index (χ1) is 6.23. The lowest BCUT2D eigenvalue weighted by Crippen LogP contribution is -2.40. The molecular weight excluding hydrogens is 174 g/mol. The summed E-state index contributed by atoms with van der Waals surface area (Å²) in [6.07, 6.45) is 0.695. The van der Waals surface area contributed by atoms with Crippen LogP contribution in [-0.2, 0) is 0 Å². The number of nitrogens with one attached hydrogen (secondary N) is 1. The third-order valence-corrected chi connectivity index (χ3v) is 2.82. The molecule has 0 saturated heterocycles. The summed E-state index contributed by atoms with van der Waals surface area (Å²) < 4.78 is 0. The predicted molar refractivity (Wildman–Crippen MR) is 62.4 cm³/mol. The molecule has 0 fully saturated rings. The minimum Gasteiger partial charge on any atom is -0.393 e. The molecule has 14 heavy (non-hydrogen) atoms. The maximum absolute atomic E-state index is 9.22. The van der Waals surface area contributed by atoms with Gasteiger partial charge in [0.05, 0.1) is 6.10 Å². The van der Waals surface area contributed by atoms with E-state index < -0.39 is 0 Å². The van der Waals surface area contributed by atoms with E-state index in [0.717, 1.165) is 13.0 Å². The van der Waals surface area contributed by atoms with Crippen molar-refractivity contribution in [1.29, 1.82) is 0 Å². The Morgan fingerprint density at radius 3 is 2.00 bits per heavy atom. The average molecular weight is 201 g/mol. The third kappa shape index (κ3) is 6.39. The predicted octanol–water partition coefficient (Wildman–Crippen LogP) is 2.42. The highest BCUT2D eigenvalue weighted by atomic mass is 16.3. The molecule has 0 spiro atoms. The molecule has 2 nitrogen and oxygen atoms in total. The number of aliphatic hydroxyl groups is 1. The van der Waals surface area contributed by atoms with Crippen LogP contribution in [0.25, 0.3) is 0 Å². The second-order valence-corrected chi connectivity index (χ2v) is 5.69. The Labute approximate surface area is 89.1 Å². The van der Waals surface area contributed by atoms with Crippen molar-refractivity contribution in [3.05, 3.63) is 0 Å². The zero-order valence-corrected chi connectivity index (χ0v) is 10.6. The summed E-state index contributed by atoms with van der Waals surface area (Å²) in [5, 5.41) is 12.7. The second-order valence-electron chi connectivity index (χ2n) is 5.69. The average Bonchev–Trinajstić information content (AvgIpc) is 1.96. The van der Waals surface area contributed by atoms with Gasteiger partial charge in [-0.15, -0.1) is 0 Å². The topological polar surface area (TPSA) is 32.3 Å². The summed E-state index contributed by atoms with van der Waals surface area (Å²) in [5.41, 5.74) is 0.310. The molecule has 0 radical (unpaired) electrons. The Balaban J connectivity index is 3.72. The van der Waals surface area contributed by atoms with Crippen LogP contribution in [0.5, 0.6) is 0 Å². The third-order valence-electron chi connectivity index (χ3n) is 2.82. The van der Waals surface area contributed by atoms with Gasteiger partial charge in [0.25, 0.3) is 0 Å². The second kappa shape index (κ2) is 5.72. The van der Waals surface area contributed by atoms with Gasteiger partial charge in [0, 0.05) is 6.04 Å². The molecule has 0 rings (SSSR count). The summed E-state index contributed by atoms with van der Waals surface area (Å²) in [5.74, 6) is 0.541. The van der Waals surface area contributed by atoms with Crippen molar-refractivity contribution in [2.45, 2.75) is 60.1 Å². The zero-order chi connectivity index (χ0) is 11.4. The van der Waals surface area contributed by atoms with Crippen LogP contribution in [0.3, 0.4) is 0 Å². The Bertz CT molecular complexity index is 149. The van der Waals surface area contributed by atoms with Gasteiger partial charge in [-0.25, -0.2) is 0 Å². The quantitative estimate of drug-likeness (QED) is 0.716. The summed E-state index contributed by atoms with van der Waals surface area (Å²) >= 11 is 0. The van der Waals surface area contributed by atoms with Crippen molar-refractivity contribution in [3.8, 4) is 0 Å². The zero-order valence-electron chi connectivity index (χ0n) is 10.6. The summed E-state index contributed by atoms with van der Waals surface area (Å²) in [6, 6.07) is 0.513. The molecule has 0 heterocycles. The fraction of sp³-hybridized carbons (Fsp3) is 1.00. The molecule has 0 unspecified atom stereocenters. The maximum atomic E-state index is 9.22. The van der Waals surface area contributed by atoms with Crippen molar-refractivity contribution in [2.75, 3.05) is 6.54 Å². The SMILES string of the molecule is C[C@H](CN[C@@H](C)C(C)(C)C)C[C@H](C)O. The van der Waals surface area contributed by atoms with Gasteiger partial charge in [-0.05, 0) is 38.1 Å². The van der Waals surface area contributed by atoms with Gasteiger partial charge in [0.2, 0.25) is 0 Å². The van der Waals surface area contributed by atoms with Crippen molar-refractivity contribution >= 4 is 0 Å². The number of hydrogen-bond acceptors (Lipinski definition) is 2. The molecule has 0 aromatic heterocycles. The monoisotopic (exact) mass is 201 g/mol. The molecule has 86 valence electrons. The first kappa shape index (κ1) is 13.9. The van der Waals surface area contributed by atoms with Gasteiger partial charge in [0.15, 0.2) is 0 Å². The highest BCUT2D eigenvalue weighted by Gasteiger charge is 2.19. The molecule has 0 aromatic rings. The fourth-order valence-electron chi connectivity index (χ4n) is 1.35. The van der Waals surface area contributed by atoms with Crippen molar-refractivity contribution in [2.24, 2.45) is 11.3 Å². The fourth-order valence-corrected chi connectivity index (χ4v) is 1.35. The highest BCUT2D eigenvalue weighted by Crippen LogP contribution is 2.18. The van der Waals surface area contributed by atoms with Crippen LogP contribution in [0.2, 0.25) is 0 Å². The summed E-state index contributed by atoms with van der Waals surface area (Å²) in [7, 11) is 0. The van der Waals surface area contributed by atoms with E-state index in [9.17, 15) is 5.11 Å². The minimum absolute atomic E-state index is 0.184. The van der Waals surface area contributed by atoms with Crippen LogP contribution in [0.1, 0.15) is 48.0 Å². The first-order valence-corrected chi connectivity index (χ1v) is 5.65. The smallest absolute Gasteiger partial charge is 0.0515 e. The van der Waals surface area contributed by atoms with Crippen LogP contribution >= 0.6 is 0 Å². The molecule has 0 amide bonds. The lowest BCUT2D eigenvalue weighted by Gasteiger charge is -2.29. The Hall–Kier alpha value is -0.0800. The molecule has 2 N–H and O–H groups in total. The normalized spacial score (nSPS) is 19.1. The van der Waals surface area contributed by atoms with E-state index in [1.54, 1.807) is 0 Å². The number of aliphatic hydroxyl groups excluding tert-OH is 1. The lowest BCUT2D eigenvalue weighted by atomic mass is 9.87. The first-order valence-electron chi connectivity index (χ1n) is 5.65. The van der Waals surface area contributed by atoms with Crippen LogP contribution in [-0.4, -0.2) is 23.8 Å². The molecule has 0 aliphatic carbocycles. The van der Waals surface area contributed by atoms with Gasteiger partial charge in [-0.2, -0.15) is 0 Å². The van der Waals surface area contributed by atoms with E-state index in [-0.39, 0.29) is 6.10 Å². The Kier molecular flexibility index (Phi) is 5.68. The molecule has 0 aromatic carbocycles. The minimum atomic E-state index is -0.184. The molecule has 0 saturated carbocycles. The van der Waals surface area contributed by atoms with Crippen LogP contribution in [0.4, 0.5) is 0 Å². The van der Waals surface area contributed by atoms with Gasteiger partial charge in [-0.3, -0.25) is 0 Å². The standard InChI is InChI=1S/C12H27NO/c1-9(7-10(2)14)8-13-11(3)12(4,5)6/h9-11,13-14H,7-8H2,1-6H3/t9-,10-,11-/m0/s1. The Morgan fingerprint density at radius 2 is 1.64 bits per heavy atom. The van der Waals surface area contributed by atoms with E-state index >= 15 is 0 Å². The van der Waals surface area contributed by atoms with Gasteiger partial charge >= 0.3 is 0 Å². The molecule has 2 heteroatoms. The molecule has 0 aliphatic heterocycles. The Morgan fingerprint density at radius 1 is 1.14 bits per heavy atom. The summed E-state index contributed by atoms with van der Waals surface area (Å²) in [6.45, 7) is 14.0. The highest BCUT2D eigenvalue weighted by molar-refractivity contribution is 4.76.